The standard InChI is InChI=1S/C22H30N2O3S/c1-6-20(17-10-8-7-9-11-17)23-21(25)16-24(28(5,26)27)19-14-12-18(13-15-19)22(2,3)4/h7-15,20H,6,16H2,1-5H3,(H,23,25)/t20-/m1/s1. The zero-order chi connectivity index (χ0) is 20.9. The third kappa shape index (κ3) is 5.83. The molecule has 2 rings (SSSR count). The summed E-state index contributed by atoms with van der Waals surface area (Å²) in [6, 6.07) is 16.8. The summed E-state index contributed by atoms with van der Waals surface area (Å²) in [5.74, 6) is -0.332. The van der Waals surface area contributed by atoms with Gasteiger partial charge < -0.3 is 5.32 Å². The van der Waals surface area contributed by atoms with Crippen LogP contribution in [-0.4, -0.2) is 27.1 Å². The Morgan fingerprint density at radius 2 is 1.61 bits per heavy atom. The molecule has 1 N–H and O–H groups in total. The van der Waals surface area contributed by atoms with E-state index in [0.717, 1.165) is 28.1 Å². The van der Waals surface area contributed by atoms with E-state index in [0.29, 0.717) is 5.69 Å². The second kappa shape index (κ2) is 8.78. The molecule has 0 radical (unpaired) electrons. The molecule has 0 spiro atoms. The van der Waals surface area contributed by atoms with Gasteiger partial charge in [0, 0.05) is 0 Å². The molecule has 0 aliphatic rings. The number of benzene rings is 2. The topological polar surface area (TPSA) is 66.5 Å². The lowest BCUT2D eigenvalue weighted by Crippen LogP contribution is -2.41. The van der Waals surface area contributed by atoms with Gasteiger partial charge >= 0.3 is 0 Å². The van der Waals surface area contributed by atoms with Gasteiger partial charge in [-0.25, -0.2) is 8.42 Å². The Hall–Kier alpha value is -2.34. The van der Waals surface area contributed by atoms with Crippen molar-refractivity contribution < 1.29 is 13.2 Å². The Balaban J connectivity index is 2.19. The van der Waals surface area contributed by atoms with E-state index in [2.05, 4.69) is 26.1 Å². The quantitative estimate of drug-likeness (QED) is 0.761. The maximum Gasteiger partial charge on any atom is 0.241 e. The number of hydrogen-bond donors (Lipinski definition) is 1. The fourth-order valence-electron chi connectivity index (χ4n) is 3.00. The predicted molar refractivity (Wildman–Crippen MR) is 115 cm³/mol. The normalized spacial score (nSPS) is 13.0. The second-order valence-corrected chi connectivity index (χ2v) is 9.91. The highest BCUT2D eigenvalue weighted by Crippen LogP contribution is 2.26. The molecule has 1 amide bonds. The maximum atomic E-state index is 12.6. The molecule has 0 unspecified atom stereocenters. The number of rotatable bonds is 7. The SMILES string of the molecule is CC[C@@H](NC(=O)CN(c1ccc(C(C)(C)C)cc1)S(C)(=O)=O)c1ccccc1. The highest BCUT2D eigenvalue weighted by atomic mass is 32.2. The highest BCUT2D eigenvalue weighted by molar-refractivity contribution is 7.92. The van der Waals surface area contributed by atoms with Crippen LogP contribution in [0, 0.1) is 0 Å². The van der Waals surface area contributed by atoms with Crippen molar-refractivity contribution in [1.29, 1.82) is 0 Å². The zero-order valence-corrected chi connectivity index (χ0v) is 18.1. The second-order valence-electron chi connectivity index (χ2n) is 8.01. The minimum atomic E-state index is -3.60. The molecule has 1 atom stereocenters. The van der Waals surface area contributed by atoms with Gasteiger partial charge in [0.1, 0.15) is 6.54 Å². The first-order chi connectivity index (χ1) is 13.0. The number of carbonyl (C=O) groups is 1. The van der Waals surface area contributed by atoms with Gasteiger partial charge in [-0.2, -0.15) is 0 Å². The maximum absolute atomic E-state index is 12.6. The molecule has 2 aromatic rings. The summed E-state index contributed by atoms with van der Waals surface area (Å²) in [5, 5.41) is 2.95. The van der Waals surface area contributed by atoms with E-state index < -0.39 is 10.0 Å². The first-order valence-electron chi connectivity index (χ1n) is 9.45. The Bertz CT molecular complexity index is 886. The van der Waals surface area contributed by atoms with Crippen molar-refractivity contribution in [2.45, 2.75) is 45.6 Å². The summed E-state index contributed by atoms with van der Waals surface area (Å²) in [5.41, 5.74) is 2.55. The Morgan fingerprint density at radius 1 is 1.04 bits per heavy atom. The monoisotopic (exact) mass is 402 g/mol. The molecular weight excluding hydrogens is 372 g/mol. The van der Waals surface area contributed by atoms with Crippen LogP contribution in [0.2, 0.25) is 0 Å². The van der Waals surface area contributed by atoms with Crippen LogP contribution in [0.5, 0.6) is 0 Å². The lowest BCUT2D eigenvalue weighted by atomic mass is 9.87. The van der Waals surface area contributed by atoms with Crippen LogP contribution in [0.4, 0.5) is 5.69 Å². The molecule has 6 heteroatoms. The first-order valence-corrected chi connectivity index (χ1v) is 11.3. The van der Waals surface area contributed by atoms with Crippen LogP contribution in [0.15, 0.2) is 54.6 Å². The van der Waals surface area contributed by atoms with Gasteiger partial charge in [-0.05, 0) is 35.1 Å². The number of carbonyl (C=O) groups excluding carboxylic acids is 1. The van der Waals surface area contributed by atoms with Crippen molar-refractivity contribution in [3.05, 3.63) is 65.7 Å². The van der Waals surface area contributed by atoms with E-state index in [1.54, 1.807) is 12.1 Å². The summed E-state index contributed by atoms with van der Waals surface area (Å²) in [7, 11) is -3.60. The minimum absolute atomic E-state index is 0.0319. The molecule has 0 aliphatic carbocycles. The van der Waals surface area contributed by atoms with E-state index in [1.807, 2.05) is 49.4 Å². The van der Waals surface area contributed by atoms with Crippen molar-refractivity contribution in [2.24, 2.45) is 0 Å². The number of nitrogens with one attached hydrogen (secondary N) is 1. The molecular formula is C22H30N2O3S. The fourth-order valence-corrected chi connectivity index (χ4v) is 3.86. The van der Waals surface area contributed by atoms with E-state index in [4.69, 9.17) is 0 Å². The average molecular weight is 403 g/mol. The van der Waals surface area contributed by atoms with Crippen molar-refractivity contribution in [1.82, 2.24) is 5.32 Å². The molecule has 0 heterocycles. The van der Waals surface area contributed by atoms with Gasteiger partial charge in [-0.3, -0.25) is 9.10 Å². The Morgan fingerprint density at radius 3 is 2.07 bits per heavy atom. The number of hydrogen-bond acceptors (Lipinski definition) is 3. The van der Waals surface area contributed by atoms with Crippen molar-refractivity contribution in [3.63, 3.8) is 0 Å². The minimum Gasteiger partial charge on any atom is -0.348 e. The van der Waals surface area contributed by atoms with E-state index >= 15 is 0 Å². The fraction of sp³-hybridized carbons (Fsp3) is 0.409. The van der Waals surface area contributed by atoms with E-state index in [-0.39, 0.29) is 23.9 Å². The smallest absolute Gasteiger partial charge is 0.241 e. The summed E-state index contributed by atoms with van der Waals surface area (Å²) in [6.07, 6.45) is 1.83. The molecule has 152 valence electrons. The Kier molecular flexibility index (Phi) is 6.88. The number of sulfonamides is 1. The van der Waals surface area contributed by atoms with Crippen LogP contribution < -0.4 is 9.62 Å². The van der Waals surface area contributed by atoms with Crippen molar-refractivity contribution >= 4 is 21.6 Å². The van der Waals surface area contributed by atoms with Gasteiger partial charge in [0.25, 0.3) is 0 Å². The molecule has 2 aromatic carbocycles. The predicted octanol–water partition coefficient (Wildman–Crippen LogP) is 4.02. The lowest BCUT2D eigenvalue weighted by molar-refractivity contribution is -0.120. The van der Waals surface area contributed by atoms with Crippen LogP contribution in [-0.2, 0) is 20.2 Å². The summed E-state index contributed by atoms with van der Waals surface area (Å²) in [4.78, 5) is 12.6. The van der Waals surface area contributed by atoms with Gasteiger partial charge in [0.15, 0.2) is 0 Å². The third-order valence-electron chi connectivity index (χ3n) is 4.65. The number of amides is 1. The van der Waals surface area contributed by atoms with Gasteiger partial charge in [-0.1, -0.05) is 70.2 Å². The highest BCUT2D eigenvalue weighted by Gasteiger charge is 2.23. The molecule has 0 fully saturated rings. The van der Waals surface area contributed by atoms with Crippen LogP contribution >= 0.6 is 0 Å². The molecule has 0 bridgehead atoms. The molecule has 5 nitrogen and oxygen atoms in total. The largest absolute Gasteiger partial charge is 0.348 e. The van der Waals surface area contributed by atoms with Crippen LogP contribution in [0.3, 0.4) is 0 Å². The number of anilines is 1. The van der Waals surface area contributed by atoms with E-state index in [9.17, 15) is 13.2 Å². The summed E-state index contributed by atoms with van der Waals surface area (Å²) >= 11 is 0. The zero-order valence-electron chi connectivity index (χ0n) is 17.3. The van der Waals surface area contributed by atoms with Gasteiger partial charge in [0.2, 0.25) is 15.9 Å². The van der Waals surface area contributed by atoms with Crippen molar-refractivity contribution in [2.75, 3.05) is 17.1 Å². The van der Waals surface area contributed by atoms with Crippen molar-refractivity contribution in [3.8, 4) is 0 Å². The molecule has 0 aliphatic heterocycles. The van der Waals surface area contributed by atoms with Crippen LogP contribution in [0.25, 0.3) is 0 Å². The van der Waals surface area contributed by atoms with E-state index in [1.165, 1.54) is 0 Å². The lowest BCUT2D eigenvalue weighted by Gasteiger charge is -2.25. The van der Waals surface area contributed by atoms with Crippen LogP contribution in [0.1, 0.15) is 51.3 Å². The average Bonchev–Trinajstić information content (AvgIpc) is 2.63. The molecule has 28 heavy (non-hydrogen) atoms. The molecule has 0 saturated heterocycles. The summed E-state index contributed by atoms with van der Waals surface area (Å²) in [6.45, 7) is 8.02. The molecule has 0 aromatic heterocycles. The third-order valence-corrected chi connectivity index (χ3v) is 5.79. The summed E-state index contributed by atoms with van der Waals surface area (Å²) < 4.78 is 25.8. The Labute approximate surface area is 168 Å². The van der Waals surface area contributed by atoms with Gasteiger partial charge in [0.05, 0.1) is 18.0 Å². The number of nitrogens with zero attached hydrogens (tertiary/aromatic N) is 1. The molecule has 0 saturated carbocycles. The van der Waals surface area contributed by atoms with Gasteiger partial charge in [-0.15, -0.1) is 0 Å². The first kappa shape index (κ1) is 22.0.